The van der Waals surface area contributed by atoms with Crippen LogP contribution in [0.5, 0.6) is 5.75 Å². The van der Waals surface area contributed by atoms with Crippen LogP contribution in [0, 0.1) is 0 Å². The first-order valence-electron chi connectivity index (χ1n) is 10.9. The predicted molar refractivity (Wildman–Crippen MR) is 145 cm³/mol. The molecule has 8 nitrogen and oxygen atoms in total. The van der Waals surface area contributed by atoms with Crippen LogP contribution in [0.1, 0.15) is 33.3 Å². The van der Waals surface area contributed by atoms with Gasteiger partial charge >= 0.3 is 0 Å². The Hall–Kier alpha value is -2.20. The van der Waals surface area contributed by atoms with Crippen molar-refractivity contribution in [3.05, 3.63) is 57.0 Å². The fourth-order valence-corrected chi connectivity index (χ4v) is 4.83. The van der Waals surface area contributed by atoms with Crippen molar-refractivity contribution in [3.63, 3.8) is 0 Å². The zero-order chi connectivity index (χ0) is 27.4. The lowest BCUT2D eigenvalue weighted by Gasteiger charge is -2.33. The van der Waals surface area contributed by atoms with Crippen molar-refractivity contribution in [2.24, 2.45) is 0 Å². The number of nitrogens with one attached hydrogen (secondary N) is 1. The number of hydrogen-bond acceptors (Lipinski definition) is 5. The zero-order valence-electron chi connectivity index (χ0n) is 20.9. The van der Waals surface area contributed by atoms with E-state index in [0.29, 0.717) is 5.75 Å². The minimum absolute atomic E-state index is 0.00175. The summed E-state index contributed by atoms with van der Waals surface area (Å²) in [6, 6.07) is 8.66. The number of amides is 2. The monoisotopic (exact) mass is 577 g/mol. The van der Waals surface area contributed by atoms with Gasteiger partial charge in [-0.05, 0) is 57.5 Å². The highest BCUT2D eigenvalue weighted by molar-refractivity contribution is 7.92. The van der Waals surface area contributed by atoms with E-state index in [1.54, 1.807) is 31.2 Å². The third-order valence-electron chi connectivity index (χ3n) is 5.12. The topological polar surface area (TPSA) is 96.0 Å². The van der Waals surface area contributed by atoms with Crippen LogP contribution in [0.3, 0.4) is 0 Å². The predicted octanol–water partition coefficient (Wildman–Crippen LogP) is 4.75. The second-order valence-corrected chi connectivity index (χ2v) is 12.4. The SMILES string of the molecule is COc1ccc(CN(C(=O)CN(c2cc(Cl)c(Cl)cc2Cl)S(C)(=O)=O)[C@H](C)C(=O)NC(C)(C)C)cc1. The van der Waals surface area contributed by atoms with E-state index in [1.165, 1.54) is 24.1 Å². The average Bonchev–Trinajstić information content (AvgIpc) is 2.76. The van der Waals surface area contributed by atoms with E-state index < -0.39 is 34.1 Å². The van der Waals surface area contributed by atoms with Gasteiger partial charge in [0, 0.05) is 12.1 Å². The highest BCUT2D eigenvalue weighted by Gasteiger charge is 2.32. The van der Waals surface area contributed by atoms with Crippen molar-refractivity contribution >= 4 is 62.3 Å². The van der Waals surface area contributed by atoms with E-state index in [9.17, 15) is 18.0 Å². The molecule has 0 unspecified atom stereocenters. The van der Waals surface area contributed by atoms with Gasteiger partial charge in [-0.2, -0.15) is 0 Å². The molecular weight excluding hydrogens is 549 g/mol. The molecule has 2 aromatic rings. The molecule has 0 aliphatic rings. The summed E-state index contributed by atoms with van der Waals surface area (Å²) in [5, 5.41) is 3.07. The minimum Gasteiger partial charge on any atom is -0.497 e. The van der Waals surface area contributed by atoms with Crippen LogP contribution in [-0.2, 0) is 26.2 Å². The number of carbonyl (C=O) groups excluding carboxylic acids is 2. The maximum absolute atomic E-state index is 13.6. The van der Waals surface area contributed by atoms with E-state index >= 15 is 0 Å². The Morgan fingerprint density at radius 2 is 1.58 bits per heavy atom. The lowest BCUT2D eigenvalue weighted by molar-refractivity contribution is -0.140. The highest BCUT2D eigenvalue weighted by Crippen LogP contribution is 2.35. The summed E-state index contributed by atoms with van der Waals surface area (Å²) in [7, 11) is -2.43. The molecule has 0 saturated heterocycles. The van der Waals surface area contributed by atoms with Gasteiger partial charge in [0.2, 0.25) is 21.8 Å². The average molecular weight is 579 g/mol. The molecule has 2 amide bonds. The van der Waals surface area contributed by atoms with Crippen LogP contribution < -0.4 is 14.4 Å². The van der Waals surface area contributed by atoms with Crippen molar-refractivity contribution in [1.82, 2.24) is 10.2 Å². The van der Waals surface area contributed by atoms with Crippen LogP contribution in [0.4, 0.5) is 5.69 Å². The molecule has 0 heterocycles. The molecule has 198 valence electrons. The molecule has 12 heteroatoms. The zero-order valence-corrected chi connectivity index (χ0v) is 24.0. The Bertz CT molecular complexity index is 1210. The van der Waals surface area contributed by atoms with E-state index in [4.69, 9.17) is 39.5 Å². The van der Waals surface area contributed by atoms with Gasteiger partial charge in [-0.25, -0.2) is 8.42 Å². The molecule has 0 aliphatic carbocycles. The summed E-state index contributed by atoms with van der Waals surface area (Å²) < 4.78 is 31.4. The first-order valence-corrected chi connectivity index (χ1v) is 13.9. The van der Waals surface area contributed by atoms with Gasteiger partial charge in [0.05, 0.1) is 34.1 Å². The molecule has 2 aromatic carbocycles. The first kappa shape index (κ1) is 30.0. The molecule has 0 radical (unpaired) electrons. The molecule has 0 aromatic heterocycles. The summed E-state index contributed by atoms with van der Waals surface area (Å²) in [6.07, 6.45) is 0.947. The molecule has 1 N–H and O–H groups in total. The summed E-state index contributed by atoms with van der Waals surface area (Å²) in [5.41, 5.74) is 0.183. The smallest absolute Gasteiger partial charge is 0.244 e. The fourth-order valence-electron chi connectivity index (χ4n) is 3.28. The number of sulfonamides is 1. The Morgan fingerprint density at radius 1 is 1.03 bits per heavy atom. The molecule has 1 atom stereocenters. The Kier molecular flexibility index (Phi) is 9.92. The van der Waals surface area contributed by atoms with Gasteiger partial charge < -0.3 is 15.0 Å². The Morgan fingerprint density at radius 3 is 2.08 bits per heavy atom. The number of ether oxygens (including phenoxy) is 1. The highest BCUT2D eigenvalue weighted by atomic mass is 35.5. The van der Waals surface area contributed by atoms with Crippen molar-refractivity contribution < 1.29 is 22.7 Å². The van der Waals surface area contributed by atoms with Crippen molar-refractivity contribution in [1.29, 1.82) is 0 Å². The Labute approximate surface area is 227 Å². The number of nitrogens with zero attached hydrogens (tertiary/aromatic N) is 2. The normalized spacial score (nSPS) is 12.6. The number of halogens is 3. The van der Waals surface area contributed by atoms with Crippen LogP contribution in [-0.4, -0.2) is 56.6 Å². The lowest BCUT2D eigenvalue weighted by atomic mass is 10.1. The Balaban J connectivity index is 2.47. The van der Waals surface area contributed by atoms with Gasteiger partial charge in [-0.3, -0.25) is 13.9 Å². The van der Waals surface area contributed by atoms with Crippen molar-refractivity contribution in [3.8, 4) is 5.75 Å². The third kappa shape index (κ3) is 8.16. The van der Waals surface area contributed by atoms with Gasteiger partial charge in [0.1, 0.15) is 18.3 Å². The number of methoxy groups -OCH3 is 1. The number of rotatable bonds is 9. The van der Waals surface area contributed by atoms with Crippen LogP contribution in [0.25, 0.3) is 0 Å². The number of hydrogen-bond donors (Lipinski definition) is 1. The first-order chi connectivity index (χ1) is 16.5. The van der Waals surface area contributed by atoms with Gasteiger partial charge in [0.15, 0.2) is 0 Å². The van der Waals surface area contributed by atoms with Crippen molar-refractivity contribution in [2.45, 2.75) is 45.8 Å². The number of benzene rings is 2. The van der Waals surface area contributed by atoms with Crippen LogP contribution in [0.2, 0.25) is 15.1 Å². The summed E-state index contributed by atoms with van der Waals surface area (Å²) >= 11 is 18.3. The van der Waals surface area contributed by atoms with Crippen molar-refractivity contribution in [2.75, 3.05) is 24.2 Å². The van der Waals surface area contributed by atoms with Crippen LogP contribution >= 0.6 is 34.8 Å². The lowest BCUT2D eigenvalue weighted by Crippen LogP contribution is -2.54. The quantitative estimate of drug-likeness (QED) is 0.433. The minimum atomic E-state index is -3.97. The molecule has 2 rings (SSSR count). The molecule has 36 heavy (non-hydrogen) atoms. The maximum Gasteiger partial charge on any atom is 0.244 e. The van der Waals surface area contributed by atoms with Gasteiger partial charge in [-0.1, -0.05) is 46.9 Å². The van der Waals surface area contributed by atoms with E-state index in [0.717, 1.165) is 16.1 Å². The molecule has 0 fully saturated rings. The van der Waals surface area contributed by atoms with Gasteiger partial charge in [-0.15, -0.1) is 0 Å². The summed E-state index contributed by atoms with van der Waals surface area (Å²) in [4.78, 5) is 27.9. The van der Waals surface area contributed by atoms with E-state index in [2.05, 4.69) is 5.32 Å². The summed E-state index contributed by atoms with van der Waals surface area (Å²) in [5.74, 6) is -0.370. The third-order valence-corrected chi connectivity index (χ3v) is 7.27. The standard InChI is InChI=1S/C24H30Cl3N3O5S/c1-15(23(32)28-24(2,3)4)29(13-16-7-9-17(35-5)10-8-16)22(31)14-30(36(6,33)34)21-12-19(26)18(25)11-20(21)27/h7-12,15H,13-14H2,1-6H3,(H,28,32)/t15-/m1/s1. The second-order valence-electron chi connectivity index (χ2n) is 9.27. The molecular formula is C24H30Cl3N3O5S. The molecule has 0 spiro atoms. The molecule has 0 bridgehead atoms. The van der Waals surface area contributed by atoms with E-state index in [-0.39, 0.29) is 33.2 Å². The molecule has 0 saturated carbocycles. The summed E-state index contributed by atoms with van der Waals surface area (Å²) in [6.45, 7) is 6.49. The second kappa shape index (κ2) is 11.9. The number of carbonyl (C=O) groups is 2. The largest absolute Gasteiger partial charge is 0.497 e. The van der Waals surface area contributed by atoms with Gasteiger partial charge in [0.25, 0.3) is 0 Å². The molecule has 0 aliphatic heterocycles. The van der Waals surface area contributed by atoms with E-state index in [1.807, 2.05) is 20.8 Å². The van der Waals surface area contributed by atoms with Crippen LogP contribution in [0.15, 0.2) is 36.4 Å². The number of anilines is 1. The maximum atomic E-state index is 13.6. The fraction of sp³-hybridized carbons (Fsp3) is 0.417.